The number of hydrogen-bond acceptors (Lipinski definition) is 4. The van der Waals surface area contributed by atoms with Gasteiger partial charge in [0.1, 0.15) is 0 Å². The van der Waals surface area contributed by atoms with Crippen molar-refractivity contribution in [2.24, 2.45) is 5.92 Å². The Kier molecular flexibility index (Phi) is 8.63. The molecule has 2 aromatic rings. The maximum atomic E-state index is 12.6. The van der Waals surface area contributed by atoms with Gasteiger partial charge in [0.15, 0.2) is 4.77 Å². The number of aromatic amines is 1. The lowest BCUT2D eigenvalue weighted by Gasteiger charge is -2.30. The van der Waals surface area contributed by atoms with E-state index >= 15 is 0 Å². The smallest absolute Gasteiger partial charge is 0.262 e. The number of aromatic nitrogens is 2. The molecule has 3 rings (SSSR count). The van der Waals surface area contributed by atoms with E-state index in [1.54, 1.807) is 4.57 Å². The van der Waals surface area contributed by atoms with Gasteiger partial charge >= 0.3 is 0 Å². The van der Waals surface area contributed by atoms with Gasteiger partial charge in [0.2, 0.25) is 5.91 Å². The highest BCUT2D eigenvalue weighted by Gasteiger charge is 2.14. The maximum Gasteiger partial charge on any atom is 0.262 e. The second kappa shape index (κ2) is 11.4. The van der Waals surface area contributed by atoms with Gasteiger partial charge in [0, 0.05) is 19.5 Å². The number of piperidine rings is 1. The van der Waals surface area contributed by atoms with Crippen LogP contribution >= 0.6 is 12.2 Å². The molecule has 30 heavy (non-hydrogen) atoms. The minimum atomic E-state index is -0.0461. The number of amides is 1. The second-order valence-corrected chi connectivity index (χ2v) is 8.86. The number of fused-ring (bicyclic) bond motifs is 1. The van der Waals surface area contributed by atoms with Crippen LogP contribution < -0.4 is 10.9 Å². The van der Waals surface area contributed by atoms with Crippen molar-refractivity contribution in [1.29, 1.82) is 0 Å². The fraction of sp³-hybridized carbons (Fsp3) is 0.609. The first kappa shape index (κ1) is 22.7. The summed E-state index contributed by atoms with van der Waals surface area (Å²) >= 11 is 5.34. The normalized spacial score (nSPS) is 15.5. The average Bonchev–Trinajstić information content (AvgIpc) is 2.74. The summed E-state index contributed by atoms with van der Waals surface area (Å²) in [5.41, 5.74) is 0.727. The molecule has 2 heterocycles. The second-order valence-electron chi connectivity index (χ2n) is 8.47. The van der Waals surface area contributed by atoms with Crippen LogP contribution in [-0.4, -0.2) is 46.5 Å². The molecule has 164 valence electrons. The fourth-order valence-electron chi connectivity index (χ4n) is 4.04. The first-order valence-electron chi connectivity index (χ1n) is 11.3. The Hall–Kier alpha value is -1.99. The molecule has 0 aliphatic carbocycles. The van der Waals surface area contributed by atoms with E-state index in [9.17, 15) is 9.59 Å². The Bertz CT molecular complexity index is 944. The van der Waals surface area contributed by atoms with E-state index in [1.165, 1.54) is 25.9 Å². The third-order valence-electron chi connectivity index (χ3n) is 6.02. The van der Waals surface area contributed by atoms with Crippen LogP contribution in [0.4, 0.5) is 0 Å². The molecule has 0 radical (unpaired) electrons. The van der Waals surface area contributed by atoms with Gasteiger partial charge in [-0.05, 0) is 82.0 Å². The highest BCUT2D eigenvalue weighted by molar-refractivity contribution is 7.71. The number of carbonyl (C=O) groups is 1. The summed E-state index contributed by atoms with van der Waals surface area (Å²) in [5, 5.41) is 3.69. The molecular formula is C23H34N4O2S. The summed E-state index contributed by atoms with van der Waals surface area (Å²) in [6.07, 6.45) is 6.70. The lowest BCUT2D eigenvalue weighted by Crippen LogP contribution is -2.35. The van der Waals surface area contributed by atoms with Gasteiger partial charge in [0.05, 0.1) is 10.9 Å². The van der Waals surface area contributed by atoms with E-state index in [2.05, 4.69) is 22.1 Å². The van der Waals surface area contributed by atoms with E-state index in [0.29, 0.717) is 23.1 Å². The van der Waals surface area contributed by atoms with Gasteiger partial charge in [-0.2, -0.15) is 0 Å². The monoisotopic (exact) mass is 430 g/mol. The third kappa shape index (κ3) is 6.51. The van der Waals surface area contributed by atoms with Crippen LogP contribution in [0.15, 0.2) is 29.1 Å². The van der Waals surface area contributed by atoms with E-state index in [-0.39, 0.29) is 11.5 Å². The lowest BCUT2D eigenvalue weighted by atomic mass is 9.99. The van der Waals surface area contributed by atoms with E-state index < -0.39 is 0 Å². The zero-order valence-corrected chi connectivity index (χ0v) is 18.8. The molecule has 0 atom stereocenters. The van der Waals surface area contributed by atoms with Crippen LogP contribution in [0.3, 0.4) is 0 Å². The number of carbonyl (C=O) groups excluding carboxylic acids is 1. The number of benzene rings is 1. The van der Waals surface area contributed by atoms with Crippen molar-refractivity contribution >= 4 is 29.0 Å². The molecule has 1 aromatic heterocycles. The number of H-pyrrole nitrogens is 1. The molecular weight excluding hydrogens is 396 g/mol. The molecule has 7 heteroatoms. The van der Waals surface area contributed by atoms with Crippen molar-refractivity contribution in [3.63, 3.8) is 0 Å². The molecule has 0 spiro atoms. The van der Waals surface area contributed by atoms with E-state index in [4.69, 9.17) is 12.2 Å². The Morgan fingerprint density at radius 2 is 1.90 bits per heavy atom. The van der Waals surface area contributed by atoms with Crippen LogP contribution in [-0.2, 0) is 11.3 Å². The quantitative estimate of drug-likeness (QED) is 0.444. The minimum absolute atomic E-state index is 0.0461. The maximum absolute atomic E-state index is 12.6. The van der Waals surface area contributed by atoms with E-state index in [0.717, 1.165) is 50.2 Å². The molecule has 2 N–H and O–H groups in total. The summed E-state index contributed by atoms with van der Waals surface area (Å²) in [5.74, 6) is 0.985. The van der Waals surface area contributed by atoms with Crippen LogP contribution in [0, 0.1) is 10.7 Å². The van der Waals surface area contributed by atoms with Gasteiger partial charge in [-0.15, -0.1) is 0 Å². The topological polar surface area (TPSA) is 70.1 Å². The Balaban J connectivity index is 1.30. The molecule has 1 saturated heterocycles. The third-order valence-corrected chi connectivity index (χ3v) is 6.35. The van der Waals surface area contributed by atoms with Crippen molar-refractivity contribution in [3.05, 3.63) is 39.4 Å². The van der Waals surface area contributed by atoms with Crippen molar-refractivity contribution in [2.75, 3.05) is 26.2 Å². The van der Waals surface area contributed by atoms with Gasteiger partial charge in [-0.25, -0.2) is 0 Å². The Morgan fingerprint density at radius 3 is 2.70 bits per heavy atom. The zero-order chi connectivity index (χ0) is 21.3. The number of likely N-dealkylation sites (tertiary alicyclic amines) is 1. The Morgan fingerprint density at radius 1 is 1.13 bits per heavy atom. The average molecular weight is 431 g/mol. The number of nitrogens with zero attached hydrogens (tertiary/aromatic N) is 2. The highest BCUT2D eigenvalue weighted by atomic mass is 32.1. The number of unbranched alkanes of at least 4 members (excludes halogenated alkanes) is 2. The van der Waals surface area contributed by atoms with Crippen LogP contribution in [0.25, 0.3) is 10.9 Å². The summed E-state index contributed by atoms with van der Waals surface area (Å²) in [6.45, 7) is 7.12. The molecule has 6 nitrogen and oxygen atoms in total. The summed E-state index contributed by atoms with van der Waals surface area (Å²) in [6, 6.07) is 7.42. The number of rotatable bonds is 10. The summed E-state index contributed by atoms with van der Waals surface area (Å²) < 4.78 is 2.08. The molecule has 0 bridgehead atoms. The fourth-order valence-corrected chi connectivity index (χ4v) is 4.32. The number of hydrogen-bond donors (Lipinski definition) is 2. The first-order valence-corrected chi connectivity index (χ1v) is 11.7. The van der Waals surface area contributed by atoms with Gasteiger partial charge in [-0.1, -0.05) is 25.5 Å². The number of para-hydroxylation sites is 1. The molecule has 0 unspecified atom stereocenters. The van der Waals surface area contributed by atoms with E-state index in [1.807, 2.05) is 24.3 Å². The van der Waals surface area contributed by atoms with Crippen molar-refractivity contribution in [3.8, 4) is 0 Å². The predicted molar refractivity (Wildman–Crippen MR) is 124 cm³/mol. The standard InChI is InChI=1S/C23H34N4O2S/c1-18-11-16-26(17-12-18)14-7-13-24-21(28)10-3-2-6-15-27-22(29)19-8-4-5-9-20(19)25-23(27)30/h4-5,8-9,18H,2-3,6-7,10-17H2,1H3,(H,24,28)(H,25,30). The van der Waals surface area contributed by atoms with Gasteiger partial charge < -0.3 is 15.2 Å². The summed E-state index contributed by atoms with van der Waals surface area (Å²) in [7, 11) is 0. The molecule has 1 amide bonds. The molecule has 1 aromatic carbocycles. The van der Waals surface area contributed by atoms with Gasteiger partial charge in [0.25, 0.3) is 5.56 Å². The van der Waals surface area contributed by atoms with Crippen LogP contribution in [0.2, 0.25) is 0 Å². The molecule has 1 aliphatic heterocycles. The highest BCUT2D eigenvalue weighted by Crippen LogP contribution is 2.15. The summed E-state index contributed by atoms with van der Waals surface area (Å²) in [4.78, 5) is 30.3. The first-order chi connectivity index (χ1) is 14.5. The van der Waals surface area contributed by atoms with Crippen molar-refractivity contribution in [2.45, 2.75) is 58.4 Å². The van der Waals surface area contributed by atoms with Crippen molar-refractivity contribution in [1.82, 2.24) is 19.8 Å². The van der Waals surface area contributed by atoms with Crippen LogP contribution in [0.5, 0.6) is 0 Å². The molecule has 0 saturated carbocycles. The van der Waals surface area contributed by atoms with Crippen molar-refractivity contribution < 1.29 is 4.79 Å². The zero-order valence-electron chi connectivity index (χ0n) is 18.0. The predicted octanol–water partition coefficient (Wildman–Crippen LogP) is 3.86. The molecule has 1 aliphatic rings. The SMILES string of the molecule is CC1CCN(CCCNC(=O)CCCCCn2c(=S)[nH]c3ccccc3c2=O)CC1. The van der Waals surface area contributed by atoms with Crippen LogP contribution in [0.1, 0.15) is 51.9 Å². The van der Waals surface area contributed by atoms with Gasteiger partial charge in [-0.3, -0.25) is 14.2 Å². The Labute approximate surface area is 183 Å². The molecule has 1 fully saturated rings. The number of nitrogens with one attached hydrogen (secondary N) is 2. The minimum Gasteiger partial charge on any atom is -0.356 e. The lowest BCUT2D eigenvalue weighted by molar-refractivity contribution is -0.121. The largest absolute Gasteiger partial charge is 0.356 e.